The molecule has 0 atom stereocenters. The summed E-state index contributed by atoms with van der Waals surface area (Å²) in [5.74, 6) is 0. The van der Waals surface area contributed by atoms with Gasteiger partial charge in [0.05, 0.1) is 0 Å². The summed E-state index contributed by atoms with van der Waals surface area (Å²) in [6.45, 7) is 0. The van der Waals surface area contributed by atoms with Crippen LogP contribution in [-0.4, -0.2) is 0 Å². The Balaban J connectivity index is 0.000000136. The molecule has 0 amide bonds. The number of furan rings is 3. The fraction of sp³-hybridized carbons (Fsp3) is 0. The second kappa shape index (κ2) is 18.9. The third-order valence-corrected chi connectivity index (χ3v) is 16.1. The molecule has 0 radical (unpaired) electrons. The maximum atomic E-state index is 6.23. The number of para-hydroxylation sites is 5. The molecule has 16 rings (SSSR count). The lowest BCUT2D eigenvalue weighted by Crippen LogP contribution is -1.91. The summed E-state index contributed by atoms with van der Waals surface area (Å²) >= 11 is 1.85. The normalized spacial score (nSPS) is 11.6. The van der Waals surface area contributed by atoms with Gasteiger partial charge >= 0.3 is 0 Å². The fourth-order valence-corrected chi connectivity index (χ4v) is 12.2. The molecule has 0 aliphatic carbocycles. The van der Waals surface area contributed by atoms with E-state index in [0.29, 0.717) is 0 Å². The Morgan fingerprint density at radius 2 is 0.628 bits per heavy atom. The molecule has 0 aliphatic heterocycles. The third kappa shape index (κ3) is 8.20. The van der Waals surface area contributed by atoms with Gasteiger partial charge in [-0.05, 0) is 130 Å². The monoisotopic (exact) mass is 1020 g/mol. The third-order valence-electron chi connectivity index (χ3n) is 14.9. The van der Waals surface area contributed by atoms with Gasteiger partial charge in [0.25, 0.3) is 0 Å². The molecule has 12 aromatic carbocycles. The average Bonchev–Trinajstić information content (AvgIpc) is 4.35. The van der Waals surface area contributed by atoms with Gasteiger partial charge in [0.2, 0.25) is 0 Å². The van der Waals surface area contributed by atoms with Gasteiger partial charge in [0.1, 0.15) is 33.5 Å². The molecule has 0 saturated heterocycles. The predicted molar refractivity (Wildman–Crippen MR) is 329 cm³/mol. The van der Waals surface area contributed by atoms with E-state index in [1.54, 1.807) is 0 Å². The molecule has 2 N–H and O–H groups in total. The number of benzene rings is 12. The first-order valence-corrected chi connectivity index (χ1v) is 27.0. The highest BCUT2D eigenvalue weighted by Gasteiger charge is 2.15. The van der Waals surface area contributed by atoms with Crippen LogP contribution in [0.5, 0.6) is 0 Å². The van der Waals surface area contributed by atoms with Crippen LogP contribution in [0.25, 0.3) is 130 Å². The van der Waals surface area contributed by atoms with Gasteiger partial charge < -0.3 is 23.9 Å². The highest BCUT2D eigenvalue weighted by atomic mass is 32.1. The maximum Gasteiger partial charge on any atom is 0.143 e. The van der Waals surface area contributed by atoms with Gasteiger partial charge in [0.15, 0.2) is 0 Å². The molecular formula is C72H46N2O3S. The average molecular weight is 1020 g/mol. The number of hydrogen-bond donors (Lipinski definition) is 2. The van der Waals surface area contributed by atoms with Crippen molar-refractivity contribution in [2.75, 3.05) is 10.6 Å². The number of anilines is 4. The van der Waals surface area contributed by atoms with E-state index in [1.807, 2.05) is 47.7 Å². The summed E-state index contributed by atoms with van der Waals surface area (Å²) in [7, 11) is 0. The Morgan fingerprint density at radius 1 is 0.231 bits per heavy atom. The first kappa shape index (κ1) is 45.3. The molecule has 0 fully saturated rings. The summed E-state index contributed by atoms with van der Waals surface area (Å²) in [5.41, 5.74) is 18.9. The first-order valence-electron chi connectivity index (χ1n) is 26.2. The lowest BCUT2D eigenvalue weighted by atomic mass is 10.0. The summed E-state index contributed by atoms with van der Waals surface area (Å²) < 4.78 is 21.1. The quantitative estimate of drug-likeness (QED) is 0.159. The van der Waals surface area contributed by atoms with E-state index >= 15 is 0 Å². The minimum Gasteiger partial charge on any atom is -0.456 e. The van der Waals surface area contributed by atoms with Crippen molar-refractivity contribution < 1.29 is 13.3 Å². The van der Waals surface area contributed by atoms with Gasteiger partial charge in [-0.25, -0.2) is 0 Å². The van der Waals surface area contributed by atoms with E-state index in [9.17, 15) is 0 Å². The van der Waals surface area contributed by atoms with Gasteiger partial charge in [-0.2, -0.15) is 0 Å². The maximum absolute atomic E-state index is 6.23. The highest BCUT2D eigenvalue weighted by Crippen LogP contribution is 2.41. The van der Waals surface area contributed by atoms with Crippen molar-refractivity contribution in [1.82, 2.24) is 0 Å². The van der Waals surface area contributed by atoms with Crippen molar-refractivity contribution in [3.8, 4) is 44.5 Å². The Hall–Kier alpha value is -10.1. The standard InChI is InChI=1S/C36H23NO2.C36H23NOS/c1-3-13-33-29(7-1)31-11-5-9-27(35(31)38-33)23-15-19-25(20-16-23)37-26-21-17-24(18-22-26)28-10-6-12-32-30-8-2-4-14-34(30)39-36(28)32;1-3-13-33-29(11-1)31-21-25(15-17-34(31)38-33)23-7-5-9-27(19-23)37-28-10-6-8-24(20-28)26-16-18-36-32(22-26)30-12-2-4-14-35(30)39-36/h2*1-22,37H. The van der Waals surface area contributed by atoms with Crippen molar-refractivity contribution in [3.05, 3.63) is 267 Å². The van der Waals surface area contributed by atoms with E-state index < -0.39 is 0 Å². The molecule has 4 aromatic heterocycles. The molecular weight excluding hydrogens is 973 g/mol. The number of hydrogen-bond acceptors (Lipinski definition) is 6. The highest BCUT2D eigenvalue weighted by molar-refractivity contribution is 7.25. The molecule has 0 saturated carbocycles. The summed E-state index contributed by atoms with van der Waals surface area (Å²) in [4.78, 5) is 0. The van der Waals surface area contributed by atoms with E-state index in [4.69, 9.17) is 13.3 Å². The first-order chi connectivity index (χ1) is 38.6. The topological polar surface area (TPSA) is 63.5 Å². The molecule has 0 spiro atoms. The Kier molecular flexibility index (Phi) is 11.0. The number of thiophene rings is 1. The molecule has 6 heteroatoms. The van der Waals surface area contributed by atoms with Crippen molar-refractivity contribution in [2.24, 2.45) is 0 Å². The number of nitrogens with one attached hydrogen (secondary N) is 2. The lowest BCUT2D eigenvalue weighted by molar-refractivity contribution is 0.669. The van der Waals surface area contributed by atoms with Crippen LogP contribution in [0.1, 0.15) is 0 Å². The summed E-state index contributed by atoms with van der Waals surface area (Å²) in [6.07, 6.45) is 0. The molecule has 78 heavy (non-hydrogen) atoms. The zero-order chi connectivity index (χ0) is 51.5. The van der Waals surface area contributed by atoms with Crippen LogP contribution in [0.3, 0.4) is 0 Å². The van der Waals surface area contributed by atoms with E-state index in [1.165, 1.54) is 36.9 Å². The van der Waals surface area contributed by atoms with Gasteiger partial charge in [0, 0.05) is 86.4 Å². The SMILES string of the molecule is c1cc(Nc2cccc(-c3ccc4sc5ccccc5c4c3)c2)cc(-c2ccc3oc4ccccc4c3c2)c1.c1ccc2c(c1)oc1c(-c3ccc(Nc4ccc(-c5cccc6c5oc5ccccc56)cc4)cc3)cccc12. The Labute approximate surface area is 452 Å². The minimum atomic E-state index is 0.915. The Bertz CT molecular complexity index is 4610. The Morgan fingerprint density at radius 3 is 1.21 bits per heavy atom. The van der Waals surface area contributed by atoms with E-state index in [2.05, 4.69) is 241 Å². The van der Waals surface area contributed by atoms with Crippen molar-refractivity contribution >= 4 is 120 Å². The zero-order valence-electron chi connectivity index (χ0n) is 42.0. The van der Waals surface area contributed by atoms with Gasteiger partial charge in [-0.1, -0.05) is 170 Å². The predicted octanol–water partition coefficient (Wildman–Crippen LogP) is 21.6. The van der Waals surface area contributed by atoms with Gasteiger partial charge in [-0.3, -0.25) is 0 Å². The van der Waals surface area contributed by atoms with Gasteiger partial charge in [-0.15, -0.1) is 11.3 Å². The fourth-order valence-electron chi connectivity index (χ4n) is 11.1. The molecule has 16 aromatic rings. The molecule has 0 unspecified atom stereocenters. The second-order valence-corrected chi connectivity index (χ2v) is 20.8. The van der Waals surface area contributed by atoms with Crippen LogP contribution >= 0.6 is 11.3 Å². The molecule has 368 valence electrons. The lowest BCUT2D eigenvalue weighted by Gasteiger charge is -2.11. The van der Waals surface area contributed by atoms with Crippen LogP contribution in [0.15, 0.2) is 280 Å². The molecule has 4 heterocycles. The minimum absolute atomic E-state index is 0.915. The van der Waals surface area contributed by atoms with Crippen molar-refractivity contribution in [2.45, 2.75) is 0 Å². The van der Waals surface area contributed by atoms with Crippen LogP contribution in [0, 0.1) is 0 Å². The van der Waals surface area contributed by atoms with Crippen LogP contribution in [-0.2, 0) is 0 Å². The van der Waals surface area contributed by atoms with E-state index in [0.717, 1.165) is 116 Å². The summed E-state index contributed by atoms with van der Waals surface area (Å²) in [6, 6.07) is 93.4. The van der Waals surface area contributed by atoms with Crippen molar-refractivity contribution in [3.63, 3.8) is 0 Å². The van der Waals surface area contributed by atoms with E-state index in [-0.39, 0.29) is 0 Å². The molecule has 0 aliphatic rings. The largest absolute Gasteiger partial charge is 0.456 e. The van der Waals surface area contributed by atoms with Crippen LogP contribution in [0.4, 0.5) is 22.7 Å². The number of rotatable bonds is 8. The molecule has 0 bridgehead atoms. The molecule has 5 nitrogen and oxygen atoms in total. The zero-order valence-corrected chi connectivity index (χ0v) is 42.9. The van der Waals surface area contributed by atoms with Crippen molar-refractivity contribution in [1.29, 1.82) is 0 Å². The van der Waals surface area contributed by atoms with Crippen LogP contribution < -0.4 is 10.6 Å². The summed E-state index contributed by atoms with van der Waals surface area (Å²) in [5, 5.41) is 16.7. The van der Waals surface area contributed by atoms with Crippen LogP contribution in [0.2, 0.25) is 0 Å². The smallest absolute Gasteiger partial charge is 0.143 e. The second-order valence-electron chi connectivity index (χ2n) is 19.7. The number of fused-ring (bicyclic) bond motifs is 12.